The molecule has 21 heavy (non-hydrogen) atoms. The Labute approximate surface area is 127 Å². The van der Waals surface area contributed by atoms with Gasteiger partial charge in [-0.25, -0.2) is 0 Å². The van der Waals surface area contributed by atoms with E-state index in [0.717, 1.165) is 11.3 Å². The van der Waals surface area contributed by atoms with Gasteiger partial charge in [0.1, 0.15) is 11.9 Å². The van der Waals surface area contributed by atoms with Gasteiger partial charge in [-0.3, -0.25) is 0 Å². The molecule has 0 aliphatic carbocycles. The summed E-state index contributed by atoms with van der Waals surface area (Å²) in [5.74, 6) is 1.38. The number of hydrogen-bond donors (Lipinski definition) is 1. The van der Waals surface area contributed by atoms with Crippen LogP contribution in [-0.4, -0.2) is 6.10 Å². The van der Waals surface area contributed by atoms with Gasteiger partial charge in [-0.1, -0.05) is 56.3 Å². The van der Waals surface area contributed by atoms with Crippen LogP contribution in [0.5, 0.6) is 5.75 Å². The van der Waals surface area contributed by atoms with Crippen LogP contribution in [0, 0.1) is 6.92 Å². The highest BCUT2D eigenvalue weighted by atomic mass is 16.5. The van der Waals surface area contributed by atoms with Crippen molar-refractivity contribution < 1.29 is 4.74 Å². The molecule has 2 N–H and O–H groups in total. The second kappa shape index (κ2) is 6.77. The first kappa shape index (κ1) is 15.6. The second-order valence-corrected chi connectivity index (χ2v) is 5.96. The van der Waals surface area contributed by atoms with Crippen molar-refractivity contribution in [2.75, 3.05) is 0 Å². The molecule has 0 fully saturated rings. The minimum atomic E-state index is -0.133. The first-order valence-corrected chi connectivity index (χ1v) is 7.56. The van der Waals surface area contributed by atoms with E-state index in [-0.39, 0.29) is 12.1 Å². The standard InChI is InChI=1S/C19H25NO/c1-13(2)17-11-10-14(3)12-18(17)21-15(4)19(20)16-8-6-5-7-9-16/h5-13,15,19H,20H2,1-4H3. The topological polar surface area (TPSA) is 35.2 Å². The zero-order chi connectivity index (χ0) is 15.4. The molecule has 0 aliphatic heterocycles. The van der Waals surface area contributed by atoms with Crippen molar-refractivity contribution in [2.24, 2.45) is 5.73 Å². The number of nitrogens with two attached hydrogens (primary N) is 1. The Hall–Kier alpha value is -1.80. The van der Waals surface area contributed by atoms with Crippen molar-refractivity contribution in [2.45, 2.75) is 45.8 Å². The van der Waals surface area contributed by atoms with Crippen LogP contribution in [0.2, 0.25) is 0 Å². The molecule has 2 nitrogen and oxygen atoms in total. The fraction of sp³-hybridized carbons (Fsp3) is 0.368. The lowest BCUT2D eigenvalue weighted by atomic mass is 9.99. The lowest BCUT2D eigenvalue weighted by Gasteiger charge is -2.24. The quantitative estimate of drug-likeness (QED) is 0.871. The molecule has 2 unspecified atom stereocenters. The summed E-state index contributed by atoms with van der Waals surface area (Å²) < 4.78 is 6.18. The van der Waals surface area contributed by atoms with Crippen LogP contribution in [0.25, 0.3) is 0 Å². The number of aryl methyl sites for hydroxylation is 1. The molecule has 0 spiro atoms. The highest BCUT2D eigenvalue weighted by Crippen LogP contribution is 2.30. The molecule has 2 aromatic carbocycles. The van der Waals surface area contributed by atoms with Crippen LogP contribution >= 0.6 is 0 Å². The predicted octanol–water partition coefficient (Wildman–Crippen LogP) is 4.59. The van der Waals surface area contributed by atoms with Crippen molar-refractivity contribution >= 4 is 0 Å². The molecule has 0 heterocycles. The van der Waals surface area contributed by atoms with Gasteiger partial charge >= 0.3 is 0 Å². The maximum atomic E-state index is 6.33. The van der Waals surface area contributed by atoms with E-state index in [4.69, 9.17) is 10.5 Å². The summed E-state index contributed by atoms with van der Waals surface area (Å²) in [6.07, 6.45) is -0.0771. The molecule has 2 atom stereocenters. The number of ether oxygens (including phenoxy) is 1. The third kappa shape index (κ3) is 3.85. The van der Waals surface area contributed by atoms with E-state index in [1.807, 2.05) is 37.3 Å². The van der Waals surface area contributed by atoms with Gasteiger partial charge in [0, 0.05) is 0 Å². The first-order chi connectivity index (χ1) is 9.99. The minimum Gasteiger partial charge on any atom is -0.488 e. The van der Waals surface area contributed by atoms with Gasteiger partial charge < -0.3 is 10.5 Å². The minimum absolute atomic E-state index is 0.0771. The highest BCUT2D eigenvalue weighted by Gasteiger charge is 2.18. The fourth-order valence-corrected chi connectivity index (χ4v) is 2.44. The third-order valence-corrected chi connectivity index (χ3v) is 3.79. The Kier molecular flexibility index (Phi) is 5.03. The summed E-state index contributed by atoms with van der Waals surface area (Å²) in [7, 11) is 0. The summed E-state index contributed by atoms with van der Waals surface area (Å²) in [6, 6.07) is 16.4. The van der Waals surface area contributed by atoms with Gasteiger partial charge in [-0.05, 0) is 42.5 Å². The maximum absolute atomic E-state index is 6.33. The van der Waals surface area contributed by atoms with Crippen LogP contribution in [0.15, 0.2) is 48.5 Å². The summed E-state index contributed by atoms with van der Waals surface area (Å²) in [6.45, 7) is 8.47. The Morgan fingerprint density at radius 2 is 1.62 bits per heavy atom. The molecule has 0 aromatic heterocycles. The van der Waals surface area contributed by atoms with E-state index in [1.165, 1.54) is 11.1 Å². The highest BCUT2D eigenvalue weighted by molar-refractivity contribution is 5.39. The van der Waals surface area contributed by atoms with Gasteiger partial charge in [-0.15, -0.1) is 0 Å². The van der Waals surface area contributed by atoms with Crippen LogP contribution < -0.4 is 10.5 Å². The van der Waals surface area contributed by atoms with Crippen molar-refractivity contribution in [1.82, 2.24) is 0 Å². The van der Waals surface area contributed by atoms with E-state index >= 15 is 0 Å². The molecule has 2 rings (SSSR count). The molecule has 0 saturated carbocycles. The van der Waals surface area contributed by atoms with Crippen LogP contribution in [0.3, 0.4) is 0 Å². The molecule has 0 saturated heterocycles. The number of hydrogen-bond acceptors (Lipinski definition) is 2. The van der Waals surface area contributed by atoms with E-state index in [1.54, 1.807) is 0 Å². The molecular weight excluding hydrogens is 258 g/mol. The van der Waals surface area contributed by atoms with Crippen molar-refractivity contribution in [3.8, 4) is 5.75 Å². The lowest BCUT2D eigenvalue weighted by molar-refractivity contribution is 0.188. The average Bonchev–Trinajstić information content (AvgIpc) is 2.47. The largest absolute Gasteiger partial charge is 0.488 e. The molecule has 0 aliphatic rings. The predicted molar refractivity (Wildman–Crippen MR) is 88.7 cm³/mol. The summed E-state index contributed by atoms with van der Waals surface area (Å²) in [5.41, 5.74) is 9.86. The lowest BCUT2D eigenvalue weighted by Crippen LogP contribution is -2.29. The molecule has 112 valence electrons. The summed E-state index contributed by atoms with van der Waals surface area (Å²) >= 11 is 0. The van der Waals surface area contributed by atoms with E-state index in [0.29, 0.717) is 5.92 Å². The first-order valence-electron chi connectivity index (χ1n) is 7.56. The average molecular weight is 283 g/mol. The monoisotopic (exact) mass is 283 g/mol. The SMILES string of the molecule is Cc1ccc(C(C)C)c(OC(C)C(N)c2ccccc2)c1. The van der Waals surface area contributed by atoms with Crippen LogP contribution in [0.4, 0.5) is 0 Å². The van der Waals surface area contributed by atoms with Crippen LogP contribution in [-0.2, 0) is 0 Å². The molecule has 2 aromatic rings. The number of benzene rings is 2. The van der Waals surface area contributed by atoms with E-state index in [2.05, 4.69) is 39.0 Å². The molecule has 0 amide bonds. The Bertz CT molecular complexity index is 577. The third-order valence-electron chi connectivity index (χ3n) is 3.79. The molecule has 2 heteroatoms. The summed E-state index contributed by atoms with van der Waals surface area (Å²) in [4.78, 5) is 0. The zero-order valence-electron chi connectivity index (χ0n) is 13.3. The van der Waals surface area contributed by atoms with E-state index in [9.17, 15) is 0 Å². The van der Waals surface area contributed by atoms with Gasteiger partial charge in [0.2, 0.25) is 0 Å². The van der Waals surface area contributed by atoms with Crippen molar-refractivity contribution in [1.29, 1.82) is 0 Å². The van der Waals surface area contributed by atoms with Gasteiger partial charge in [0.05, 0.1) is 6.04 Å². The van der Waals surface area contributed by atoms with Crippen molar-refractivity contribution in [3.63, 3.8) is 0 Å². The molecule has 0 radical (unpaired) electrons. The van der Waals surface area contributed by atoms with Gasteiger partial charge in [0.25, 0.3) is 0 Å². The Morgan fingerprint density at radius 1 is 0.952 bits per heavy atom. The molecular formula is C19H25NO. The van der Waals surface area contributed by atoms with Crippen molar-refractivity contribution in [3.05, 3.63) is 65.2 Å². The Balaban J connectivity index is 2.19. The summed E-state index contributed by atoms with van der Waals surface area (Å²) in [5, 5.41) is 0. The van der Waals surface area contributed by atoms with E-state index < -0.39 is 0 Å². The zero-order valence-corrected chi connectivity index (χ0v) is 13.3. The normalized spacial score (nSPS) is 14.0. The fourth-order valence-electron chi connectivity index (χ4n) is 2.44. The Morgan fingerprint density at radius 3 is 2.24 bits per heavy atom. The molecule has 0 bridgehead atoms. The second-order valence-electron chi connectivity index (χ2n) is 5.96. The van der Waals surface area contributed by atoms with Gasteiger partial charge in [-0.2, -0.15) is 0 Å². The smallest absolute Gasteiger partial charge is 0.123 e. The van der Waals surface area contributed by atoms with Gasteiger partial charge in [0.15, 0.2) is 0 Å². The van der Waals surface area contributed by atoms with Crippen LogP contribution in [0.1, 0.15) is 49.4 Å². The number of rotatable bonds is 5. The maximum Gasteiger partial charge on any atom is 0.123 e.